The number of nitrogens with one attached hydrogen (secondary N) is 1. The first-order chi connectivity index (χ1) is 8.99. The van der Waals surface area contributed by atoms with Crippen molar-refractivity contribution in [2.24, 2.45) is 5.92 Å². The first kappa shape index (κ1) is 14.0. The minimum Gasteiger partial charge on any atom is -0.355 e. The zero-order chi connectivity index (χ0) is 14.0. The quantitative estimate of drug-likeness (QED) is 0.860. The fourth-order valence-electron chi connectivity index (χ4n) is 1.62. The van der Waals surface area contributed by atoms with E-state index < -0.39 is 11.6 Å². The van der Waals surface area contributed by atoms with Gasteiger partial charge in [0.15, 0.2) is 0 Å². The number of halogens is 3. The summed E-state index contributed by atoms with van der Waals surface area (Å²) in [6, 6.07) is 2.25. The predicted octanol–water partition coefficient (Wildman–Crippen LogP) is 3.98. The highest BCUT2D eigenvalue weighted by Gasteiger charge is 2.13. The Balaban J connectivity index is 2.37. The summed E-state index contributed by atoms with van der Waals surface area (Å²) in [5.74, 6) is -0.107. The van der Waals surface area contributed by atoms with E-state index in [1.165, 1.54) is 4.57 Å². The second-order valence-electron chi connectivity index (χ2n) is 4.61. The number of nitrogens with zero attached hydrogens (tertiary/aromatic N) is 2. The molecule has 0 spiro atoms. The Labute approximate surface area is 118 Å². The number of benzene rings is 1. The Kier molecular flexibility index (Phi) is 4.19. The molecule has 2 aromatic rings. The van der Waals surface area contributed by atoms with Crippen LogP contribution in [-0.4, -0.2) is 16.1 Å². The van der Waals surface area contributed by atoms with E-state index in [9.17, 15) is 8.78 Å². The van der Waals surface area contributed by atoms with Crippen LogP contribution in [0.3, 0.4) is 0 Å². The van der Waals surface area contributed by atoms with E-state index in [0.29, 0.717) is 18.4 Å². The first-order valence-electron chi connectivity index (χ1n) is 5.91. The molecule has 0 bridgehead atoms. The summed E-state index contributed by atoms with van der Waals surface area (Å²) in [6.45, 7) is 4.82. The lowest BCUT2D eigenvalue weighted by Gasteiger charge is -2.12. The van der Waals surface area contributed by atoms with Crippen LogP contribution in [0.15, 0.2) is 29.0 Å². The molecule has 0 aliphatic rings. The molecule has 0 saturated heterocycles. The Bertz CT molecular complexity index is 581. The molecule has 19 heavy (non-hydrogen) atoms. The van der Waals surface area contributed by atoms with Gasteiger partial charge in [0.2, 0.25) is 5.95 Å². The van der Waals surface area contributed by atoms with Gasteiger partial charge in [-0.1, -0.05) is 13.8 Å². The molecular weight excluding hydrogens is 316 g/mol. The zero-order valence-electron chi connectivity index (χ0n) is 10.6. The molecule has 0 aliphatic heterocycles. The largest absolute Gasteiger partial charge is 0.355 e. The van der Waals surface area contributed by atoms with Crippen molar-refractivity contribution >= 4 is 21.9 Å². The van der Waals surface area contributed by atoms with Crippen LogP contribution in [0.2, 0.25) is 0 Å². The number of rotatable bonds is 4. The van der Waals surface area contributed by atoms with Crippen molar-refractivity contribution in [3.05, 3.63) is 40.6 Å². The molecule has 0 atom stereocenters. The first-order valence-corrected chi connectivity index (χ1v) is 6.70. The van der Waals surface area contributed by atoms with E-state index in [1.54, 1.807) is 12.4 Å². The Morgan fingerprint density at radius 3 is 2.74 bits per heavy atom. The molecule has 1 aromatic carbocycles. The minimum atomic E-state index is -0.515. The van der Waals surface area contributed by atoms with E-state index >= 15 is 0 Å². The number of hydrogen-bond acceptors (Lipinski definition) is 2. The van der Waals surface area contributed by atoms with Gasteiger partial charge in [-0.2, -0.15) is 0 Å². The van der Waals surface area contributed by atoms with Gasteiger partial charge in [-0.05, 0) is 27.9 Å². The molecular formula is C13H14BrF2N3. The molecule has 0 aliphatic carbocycles. The lowest BCUT2D eigenvalue weighted by atomic mass is 10.2. The highest BCUT2D eigenvalue weighted by molar-refractivity contribution is 9.10. The highest BCUT2D eigenvalue weighted by Crippen LogP contribution is 2.24. The average molecular weight is 330 g/mol. The van der Waals surface area contributed by atoms with Crippen LogP contribution < -0.4 is 5.32 Å². The number of anilines is 1. The van der Waals surface area contributed by atoms with Gasteiger partial charge in [-0.15, -0.1) is 0 Å². The zero-order valence-corrected chi connectivity index (χ0v) is 12.2. The van der Waals surface area contributed by atoms with E-state index in [4.69, 9.17) is 0 Å². The van der Waals surface area contributed by atoms with Crippen LogP contribution in [0, 0.1) is 17.6 Å². The van der Waals surface area contributed by atoms with Crippen LogP contribution in [-0.2, 0) is 0 Å². The fraction of sp³-hybridized carbons (Fsp3) is 0.308. The molecule has 1 heterocycles. The SMILES string of the molecule is CC(C)CNc1nccn1-c1cc(F)c(Br)cc1F. The number of imidazole rings is 1. The van der Waals surface area contributed by atoms with Gasteiger partial charge in [0, 0.05) is 25.0 Å². The summed E-state index contributed by atoms with van der Waals surface area (Å²) in [5, 5.41) is 3.10. The van der Waals surface area contributed by atoms with Crippen molar-refractivity contribution in [2.75, 3.05) is 11.9 Å². The van der Waals surface area contributed by atoms with Gasteiger partial charge in [-0.3, -0.25) is 4.57 Å². The summed E-state index contributed by atoms with van der Waals surface area (Å²) >= 11 is 2.96. The van der Waals surface area contributed by atoms with Crippen LogP contribution in [0.25, 0.3) is 5.69 Å². The number of hydrogen-bond donors (Lipinski definition) is 1. The third-order valence-electron chi connectivity index (χ3n) is 2.56. The van der Waals surface area contributed by atoms with Gasteiger partial charge in [0.25, 0.3) is 0 Å². The normalized spacial score (nSPS) is 11.1. The van der Waals surface area contributed by atoms with Crippen LogP contribution >= 0.6 is 15.9 Å². The van der Waals surface area contributed by atoms with Gasteiger partial charge >= 0.3 is 0 Å². The topological polar surface area (TPSA) is 29.9 Å². The second kappa shape index (κ2) is 5.69. The lowest BCUT2D eigenvalue weighted by Crippen LogP contribution is -2.12. The molecule has 1 N–H and O–H groups in total. The lowest BCUT2D eigenvalue weighted by molar-refractivity contribution is 0.587. The summed E-state index contributed by atoms with van der Waals surface area (Å²) in [7, 11) is 0. The van der Waals surface area contributed by atoms with Gasteiger partial charge in [0.1, 0.15) is 11.6 Å². The van der Waals surface area contributed by atoms with Crippen molar-refractivity contribution in [2.45, 2.75) is 13.8 Å². The summed E-state index contributed by atoms with van der Waals surface area (Å²) in [4.78, 5) is 4.11. The van der Waals surface area contributed by atoms with Crippen molar-refractivity contribution < 1.29 is 8.78 Å². The Hall–Kier alpha value is -1.43. The summed E-state index contributed by atoms with van der Waals surface area (Å²) < 4.78 is 29.0. The van der Waals surface area contributed by atoms with Crippen LogP contribution in [0.4, 0.5) is 14.7 Å². The third kappa shape index (κ3) is 3.12. The van der Waals surface area contributed by atoms with E-state index in [1.807, 2.05) is 0 Å². The maximum Gasteiger partial charge on any atom is 0.207 e. The smallest absolute Gasteiger partial charge is 0.207 e. The molecule has 1 aromatic heterocycles. The van der Waals surface area contributed by atoms with Gasteiger partial charge in [0.05, 0.1) is 10.2 Å². The monoisotopic (exact) mass is 329 g/mol. The second-order valence-corrected chi connectivity index (χ2v) is 5.47. The summed E-state index contributed by atoms with van der Waals surface area (Å²) in [6.07, 6.45) is 3.14. The molecule has 102 valence electrons. The molecule has 3 nitrogen and oxygen atoms in total. The Morgan fingerprint density at radius 2 is 2.05 bits per heavy atom. The van der Waals surface area contributed by atoms with Crippen LogP contribution in [0.1, 0.15) is 13.8 Å². The molecule has 2 rings (SSSR count). The van der Waals surface area contributed by atoms with Crippen molar-refractivity contribution in [3.63, 3.8) is 0 Å². The van der Waals surface area contributed by atoms with Gasteiger partial charge < -0.3 is 5.32 Å². The predicted molar refractivity (Wildman–Crippen MR) is 74.5 cm³/mol. The van der Waals surface area contributed by atoms with E-state index in [2.05, 4.69) is 40.1 Å². The standard InChI is InChI=1S/C13H14BrF2N3/c1-8(2)7-18-13-17-3-4-19(13)12-6-10(15)9(14)5-11(12)16/h3-6,8H,7H2,1-2H3,(H,17,18). The van der Waals surface area contributed by atoms with E-state index in [0.717, 1.165) is 12.1 Å². The molecule has 0 fully saturated rings. The maximum absolute atomic E-state index is 13.9. The van der Waals surface area contributed by atoms with Crippen molar-refractivity contribution in [1.29, 1.82) is 0 Å². The summed E-state index contributed by atoms with van der Waals surface area (Å²) in [5.41, 5.74) is 0.129. The maximum atomic E-state index is 13.9. The highest BCUT2D eigenvalue weighted by atomic mass is 79.9. The van der Waals surface area contributed by atoms with Crippen molar-refractivity contribution in [1.82, 2.24) is 9.55 Å². The van der Waals surface area contributed by atoms with E-state index in [-0.39, 0.29) is 10.2 Å². The Morgan fingerprint density at radius 1 is 1.32 bits per heavy atom. The minimum absolute atomic E-state index is 0.102. The average Bonchev–Trinajstić information content (AvgIpc) is 2.79. The molecule has 0 saturated carbocycles. The molecule has 0 amide bonds. The molecule has 0 radical (unpaired) electrons. The van der Waals surface area contributed by atoms with Crippen molar-refractivity contribution in [3.8, 4) is 5.69 Å². The fourth-order valence-corrected chi connectivity index (χ4v) is 1.94. The van der Waals surface area contributed by atoms with Crippen LogP contribution in [0.5, 0.6) is 0 Å². The molecule has 0 unspecified atom stereocenters. The third-order valence-corrected chi connectivity index (χ3v) is 3.17. The number of aromatic nitrogens is 2. The van der Waals surface area contributed by atoms with Gasteiger partial charge in [-0.25, -0.2) is 13.8 Å². The molecule has 6 heteroatoms.